The molecule has 0 N–H and O–H groups in total. The minimum atomic E-state index is 1.02. The standard InChI is InChI=1S/C39H80/c1-5-9-13-17-21-25-29-33-38(34-30-26-22-18-14-10-6-2)37-39(35-31-27-23-19-15-11-7-3)36-32-28-24-20-16-12-8-4/h38-39H,5-37H2,1-4H3. The molecular formula is C39H80. The van der Waals surface area contributed by atoms with Crippen LogP contribution in [-0.2, 0) is 0 Å². The Labute approximate surface area is 251 Å². The van der Waals surface area contributed by atoms with Crippen molar-refractivity contribution in [1.82, 2.24) is 0 Å². The van der Waals surface area contributed by atoms with E-state index in [4.69, 9.17) is 0 Å². The van der Waals surface area contributed by atoms with Crippen LogP contribution in [0.15, 0.2) is 0 Å². The first-order valence-corrected chi connectivity index (χ1v) is 19.3. The first kappa shape index (κ1) is 39.0. The Bertz CT molecular complexity index is 338. The van der Waals surface area contributed by atoms with Crippen LogP contribution in [0.5, 0.6) is 0 Å². The second-order valence-electron chi connectivity index (χ2n) is 13.6. The normalized spacial score (nSPS) is 11.8. The maximum absolute atomic E-state index is 2.34. The molecule has 0 heteroatoms. The van der Waals surface area contributed by atoms with Crippen LogP contribution < -0.4 is 0 Å². The lowest BCUT2D eigenvalue weighted by Crippen LogP contribution is -2.11. The van der Waals surface area contributed by atoms with Gasteiger partial charge in [0.1, 0.15) is 0 Å². The van der Waals surface area contributed by atoms with Gasteiger partial charge in [-0.2, -0.15) is 0 Å². The number of unbranched alkanes of at least 4 members (excludes halogenated alkanes) is 24. The smallest absolute Gasteiger partial charge is 0.0412 e. The third-order valence-electron chi connectivity index (χ3n) is 9.53. The van der Waals surface area contributed by atoms with Gasteiger partial charge in [-0.1, -0.05) is 233 Å². The summed E-state index contributed by atoms with van der Waals surface area (Å²) in [6.45, 7) is 9.35. The van der Waals surface area contributed by atoms with E-state index in [-0.39, 0.29) is 0 Å². The highest BCUT2D eigenvalue weighted by Gasteiger charge is 2.17. The van der Waals surface area contributed by atoms with E-state index in [0.717, 1.165) is 11.8 Å². The Morgan fingerprint density at radius 2 is 0.410 bits per heavy atom. The Hall–Kier alpha value is 0. The molecule has 0 rings (SSSR count). The highest BCUT2D eigenvalue weighted by molar-refractivity contribution is 4.69. The van der Waals surface area contributed by atoms with E-state index in [1.807, 2.05) is 0 Å². The first-order chi connectivity index (χ1) is 19.3. The SMILES string of the molecule is CCCCCCCCCC(CCCCCCCCC)CC(CCCCCCCCC)CCCCCCCCC. The van der Waals surface area contributed by atoms with E-state index in [2.05, 4.69) is 27.7 Å². The molecule has 0 aliphatic rings. The molecule has 0 aromatic heterocycles. The van der Waals surface area contributed by atoms with Crippen molar-refractivity contribution in [2.45, 2.75) is 240 Å². The van der Waals surface area contributed by atoms with Crippen LogP contribution in [0.2, 0.25) is 0 Å². The van der Waals surface area contributed by atoms with Crippen LogP contribution in [0.1, 0.15) is 240 Å². The van der Waals surface area contributed by atoms with Crippen molar-refractivity contribution in [1.29, 1.82) is 0 Å². The van der Waals surface area contributed by atoms with E-state index >= 15 is 0 Å². The summed E-state index contributed by atoms with van der Waals surface area (Å²) in [5, 5.41) is 0. The maximum Gasteiger partial charge on any atom is -0.0412 e. The molecule has 0 radical (unpaired) electrons. The van der Waals surface area contributed by atoms with E-state index < -0.39 is 0 Å². The van der Waals surface area contributed by atoms with Gasteiger partial charge in [-0.3, -0.25) is 0 Å². The van der Waals surface area contributed by atoms with Gasteiger partial charge in [0.15, 0.2) is 0 Å². The summed E-state index contributed by atoms with van der Waals surface area (Å²) in [6.07, 6.45) is 48.8. The molecule has 0 atom stereocenters. The lowest BCUT2D eigenvalue weighted by Gasteiger charge is -2.24. The van der Waals surface area contributed by atoms with E-state index in [0.29, 0.717) is 0 Å². The molecule has 0 aromatic rings. The molecule has 0 aromatic carbocycles. The highest BCUT2D eigenvalue weighted by Crippen LogP contribution is 2.31. The molecule has 0 bridgehead atoms. The minimum absolute atomic E-state index is 1.02. The molecule has 0 saturated heterocycles. The lowest BCUT2D eigenvalue weighted by atomic mass is 9.81. The zero-order valence-corrected chi connectivity index (χ0v) is 28.5. The monoisotopic (exact) mass is 549 g/mol. The van der Waals surface area contributed by atoms with Gasteiger partial charge < -0.3 is 0 Å². The molecule has 0 fully saturated rings. The van der Waals surface area contributed by atoms with Crippen molar-refractivity contribution in [2.75, 3.05) is 0 Å². The fourth-order valence-corrected chi connectivity index (χ4v) is 6.79. The molecule has 0 amide bonds. The molecular weight excluding hydrogens is 468 g/mol. The van der Waals surface area contributed by atoms with Crippen molar-refractivity contribution in [2.24, 2.45) is 11.8 Å². The zero-order chi connectivity index (χ0) is 28.5. The van der Waals surface area contributed by atoms with Crippen LogP contribution in [0.4, 0.5) is 0 Å². The summed E-state index contributed by atoms with van der Waals surface area (Å²) in [6, 6.07) is 0. The second kappa shape index (κ2) is 34.2. The summed E-state index contributed by atoms with van der Waals surface area (Å²) < 4.78 is 0. The minimum Gasteiger partial charge on any atom is -0.0654 e. The molecule has 0 unspecified atom stereocenters. The molecule has 0 saturated carbocycles. The van der Waals surface area contributed by atoms with E-state index in [1.165, 1.54) is 205 Å². The van der Waals surface area contributed by atoms with E-state index in [9.17, 15) is 0 Å². The van der Waals surface area contributed by atoms with Crippen molar-refractivity contribution < 1.29 is 0 Å². The summed E-state index contributed by atoms with van der Waals surface area (Å²) in [5.74, 6) is 2.05. The summed E-state index contributed by atoms with van der Waals surface area (Å²) in [7, 11) is 0. The van der Waals surface area contributed by atoms with Crippen molar-refractivity contribution in [3.05, 3.63) is 0 Å². The van der Waals surface area contributed by atoms with Gasteiger partial charge in [-0.25, -0.2) is 0 Å². The van der Waals surface area contributed by atoms with Gasteiger partial charge in [0, 0.05) is 0 Å². The van der Waals surface area contributed by atoms with Gasteiger partial charge in [-0.05, 0) is 18.3 Å². The van der Waals surface area contributed by atoms with Gasteiger partial charge >= 0.3 is 0 Å². The number of hydrogen-bond donors (Lipinski definition) is 0. The van der Waals surface area contributed by atoms with Gasteiger partial charge in [0.05, 0.1) is 0 Å². The summed E-state index contributed by atoms with van der Waals surface area (Å²) in [4.78, 5) is 0. The molecule has 0 heterocycles. The van der Waals surface area contributed by atoms with Crippen LogP contribution in [0.3, 0.4) is 0 Å². The highest BCUT2D eigenvalue weighted by atomic mass is 14.2. The lowest BCUT2D eigenvalue weighted by molar-refractivity contribution is 0.282. The van der Waals surface area contributed by atoms with Gasteiger partial charge in [0.2, 0.25) is 0 Å². The summed E-state index contributed by atoms with van der Waals surface area (Å²) in [5.41, 5.74) is 0. The Kier molecular flexibility index (Phi) is 34.2. The van der Waals surface area contributed by atoms with Gasteiger partial charge in [0.25, 0.3) is 0 Å². The Morgan fingerprint density at radius 3 is 0.615 bits per heavy atom. The largest absolute Gasteiger partial charge is 0.0654 e. The maximum atomic E-state index is 2.34. The third-order valence-corrected chi connectivity index (χ3v) is 9.53. The Morgan fingerprint density at radius 1 is 0.231 bits per heavy atom. The number of rotatable bonds is 34. The van der Waals surface area contributed by atoms with Crippen molar-refractivity contribution in [3.63, 3.8) is 0 Å². The molecule has 0 nitrogen and oxygen atoms in total. The average molecular weight is 549 g/mol. The quantitative estimate of drug-likeness (QED) is 0.0701. The third kappa shape index (κ3) is 30.8. The van der Waals surface area contributed by atoms with E-state index in [1.54, 1.807) is 6.42 Å². The molecule has 0 spiro atoms. The predicted octanol–water partition coefficient (Wildman–Crippen LogP) is 15.2. The average Bonchev–Trinajstić information content (AvgIpc) is 2.94. The fourth-order valence-electron chi connectivity index (χ4n) is 6.79. The summed E-state index contributed by atoms with van der Waals surface area (Å²) >= 11 is 0. The second-order valence-corrected chi connectivity index (χ2v) is 13.6. The van der Waals surface area contributed by atoms with Crippen LogP contribution in [0.25, 0.3) is 0 Å². The molecule has 39 heavy (non-hydrogen) atoms. The van der Waals surface area contributed by atoms with Crippen LogP contribution >= 0.6 is 0 Å². The fraction of sp³-hybridized carbons (Fsp3) is 1.00. The zero-order valence-electron chi connectivity index (χ0n) is 28.5. The van der Waals surface area contributed by atoms with Gasteiger partial charge in [-0.15, -0.1) is 0 Å². The van der Waals surface area contributed by atoms with Crippen molar-refractivity contribution >= 4 is 0 Å². The first-order valence-electron chi connectivity index (χ1n) is 19.3. The van der Waals surface area contributed by atoms with Crippen LogP contribution in [0, 0.1) is 11.8 Å². The molecule has 0 aliphatic carbocycles. The molecule has 236 valence electrons. The van der Waals surface area contributed by atoms with Crippen LogP contribution in [-0.4, -0.2) is 0 Å². The van der Waals surface area contributed by atoms with Crippen molar-refractivity contribution in [3.8, 4) is 0 Å². The predicted molar refractivity (Wildman–Crippen MR) is 182 cm³/mol. The topological polar surface area (TPSA) is 0 Å². The Balaban J connectivity index is 4.63. The number of hydrogen-bond acceptors (Lipinski definition) is 0. The molecule has 0 aliphatic heterocycles.